The van der Waals surface area contributed by atoms with Crippen molar-refractivity contribution in [3.8, 4) is 0 Å². The Balaban J connectivity index is 1.83. The van der Waals surface area contributed by atoms with Gasteiger partial charge < -0.3 is 5.32 Å². The van der Waals surface area contributed by atoms with E-state index >= 15 is 0 Å². The number of nitro groups is 1. The maximum absolute atomic E-state index is 11.2. The van der Waals surface area contributed by atoms with Crippen molar-refractivity contribution in [2.45, 2.75) is 18.4 Å². The molecule has 24 heavy (non-hydrogen) atoms. The molecule has 2 aliphatic rings. The molecule has 6 heteroatoms. The third-order valence-corrected chi connectivity index (χ3v) is 5.62. The molecule has 0 saturated carbocycles. The van der Waals surface area contributed by atoms with Gasteiger partial charge in [0.25, 0.3) is 5.69 Å². The molecule has 0 aromatic heterocycles. The minimum atomic E-state index is -0.389. The summed E-state index contributed by atoms with van der Waals surface area (Å²) in [5, 5.41) is 15.1. The zero-order chi connectivity index (χ0) is 16.8. The lowest BCUT2D eigenvalue weighted by molar-refractivity contribution is -0.384. The Labute approximate surface area is 152 Å². The van der Waals surface area contributed by atoms with Crippen LogP contribution in [-0.2, 0) is 0 Å². The smallest absolute Gasteiger partial charge is 0.271 e. The van der Waals surface area contributed by atoms with E-state index in [0.717, 1.165) is 22.1 Å². The molecule has 2 aromatic rings. The van der Waals surface area contributed by atoms with Gasteiger partial charge in [-0.2, -0.15) is 0 Å². The summed E-state index contributed by atoms with van der Waals surface area (Å²) < 4.78 is 1.03. The van der Waals surface area contributed by atoms with Crippen molar-refractivity contribution >= 4 is 38.9 Å². The van der Waals surface area contributed by atoms with Crippen LogP contribution in [0.2, 0.25) is 5.02 Å². The molecule has 2 aromatic carbocycles. The van der Waals surface area contributed by atoms with E-state index in [-0.39, 0.29) is 22.6 Å². The van der Waals surface area contributed by atoms with Crippen molar-refractivity contribution in [3.63, 3.8) is 0 Å². The number of nitro benzene ring substituents is 1. The van der Waals surface area contributed by atoms with Crippen LogP contribution in [0, 0.1) is 16.0 Å². The lowest BCUT2D eigenvalue weighted by Crippen LogP contribution is -2.29. The van der Waals surface area contributed by atoms with Crippen molar-refractivity contribution in [3.05, 3.63) is 79.3 Å². The van der Waals surface area contributed by atoms with Gasteiger partial charge in [-0.25, -0.2) is 0 Å². The van der Waals surface area contributed by atoms with E-state index in [4.69, 9.17) is 11.6 Å². The van der Waals surface area contributed by atoms with E-state index in [1.807, 2.05) is 12.1 Å². The summed E-state index contributed by atoms with van der Waals surface area (Å²) in [6.45, 7) is 0. The first kappa shape index (κ1) is 15.7. The SMILES string of the molecule is O=[N+]([O-])c1cc(Cl)c2c(c1)[C@@H]1C=CC[C@@H]1[C@@H](c1cccc(Br)c1)N2. The molecule has 0 unspecified atom stereocenters. The first-order valence-corrected chi connectivity index (χ1v) is 8.88. The first-order chi connectivity index (χ1) is 11.5. The Morgan fingerprint density at radius 1 is 1.29 bits per heavy atom. The van der Waals surface area contributed by atoms with Crippen molar-refractivity contribution in [2.24, 2.45) is 5.92 Å². The number of anilines is 1. The third-order valence-electron chi connectivity index (χ3n) is 4.82. The molecular weight excluding hydrogens is 392 g/mol. The van der Waals surface area contributed by atoms with Gasteiger partial charge in [0.05, 0.1) is 21.7 Å². The van der Waals surface area contributed by atoms with Gasteiger partial charge in [-0.3, -0.25) is 10.1 Å². The van der Waals surface area contributed by atoms with E-state index in [9.17, 15) is 10.1 Å². The normalized spacial score (nSPS) is 24.2. The number of nitrogens with zero attached hydrogens (tertiary/aromatic N) is 1. The monoisotopic (exact) mass is 404 g/mol. The largest absolute Gasteiger partial charge is 0.376 e. The molecule has 1 aliphatic carbocycles. The van der Waals surface area contributed by atoms with Gasteiger partial charge in [-0.05, 0) is 35.6 Å². The number of hydrogen-bond acceptors (Lipinski definition) is 3. The number of halogens is 2. The predicted octanol–water partition coefficient (Wildman–Crippen LogP) is 5.84. The fourth-order valence-corrected chi connectivity index (χ4v) is 4.47. The highest BCUT2D eigenvalue weighted by Crippen LogP contribution is 2.52. The zero-order valence-corrected chi connectivity index (χ0v) is 14.9. The van der Waals surface area contributed by atoms with Gasteiger partial charge in [-0.1, -0.05) is 51.8 Å². The average Bonchev–Trinajstić information content (AvgIpc) is 3.04. The molecule has 1 aliphatic heterocycles. The highest BCUT2D eigenvalue weighted by molar-refractivity contribution is 9.10. The second-order valence-corrected chi connectivity index (χ2v) is 7.50. The second kappa shape index (κ2) is 5.90. The van der Waals surface area contributed by atoms with E-state index in [1.165, 1.54) is 11.6 Å². The lowest BCUT2D eigenvalue weighted by atomic mass is 9.77. The fourth-order valence-electron chi connectivity index (χ4n) is 3.78. The molecular formula is C18H14BrClN2O2. The fraction of sp³-hybridized carbons (Fsp3) is 0.222. The lowest BCUT2D eigenvalue weighted by Gasteiger charge is -2.37. The Morgan fingerprint density at radius 2 is 2.12 bits per heavy atom. The molecule has 0 spiro atoms. The maximum atomic E-state index is 11.2. The van der Waals surface area contributed by atoms with Crippen molar-refractivity contribution in [1.82, 2.24) is 0 Å². The average molecular weight is 406 g/mol. The van der Waals surface area contributed by atoms with Gasteiger partial charge >= 0.3 is 0 Å². The van der Waals surface area contributed by atoms with Crippen molar-refractivity contribution < 1.29 is 4.92 Å². The van der Waals surface area contributed by atoms with Crippen LogP contribution in [0.25, 0.3) is 0 Å². The van der Waals surface area contributed by atoms with Crippen LogP contribution in [0.3, 0.4) is 0 Å². The number of fused-ring (bicyclic) bond motifs is 3. The van der Waals surface area contributed by atoms with Crippen molar-refractivity contribution in [2.75, 3.05) is 5.32 Å². The molecule has 1 heterocycles. The minimum Gasteiger partial charge on any atom is -0.376 e. The van der Waals surface area contributed by atoms with Gasteiger partial charge in [0.2, 0.25) is 0 Å². The number of hydrogen-bond donors (Lipinski definition) is 1. The first-order valence-electron chi connectivity index (χ1n) is 7.71. The number of nitrogens with one attached hydrogen (secondary N) is 1. The summed E-state index contributed by atoms with van der Waals surface area (Å²) in [6, 6.07) is 11.4. The number of non-ortho nitro benzene ring substituents is 1. The molecule has 0 amide bonds. The molecule has 0 radical (unpaired) electrons. The Hall–Kier alpha value is -1.85. The maximum Gasteiger partial charge on any atom is 0.271 e. The summed E-state index contributed by atoms with van der Waals surface area (Å²) >= 11 is 9.89. The van der Waals surface area contributed by atoms with Crippen LogP contribution in [-0.4, -0.2) is 4.92 Å². The van der Waals surface area contributed by atoms with Crippen LogP contribution in [0.1, 0.15) is 29.5 Å². The van der Waals surface area contributed by atoms with E-state index in [2.05, 4.69) is 45.5 Å². The molecule has 3 atom stereocenters. The highest BCUT2D eigenvalue weighted by atomic mass is 79.9. The third kappa shape index (κ3) is 2.52. The van der Waals surface area contributed by atoms with E-state index in [1.54, 1.807) is 6.07 Å². The van der Waals surface area contributed by atoms with Crippen LogP contribution in [0.5, 0.6) is 0 Å². The molecule has 4 nitrogen and oxygen atoms in total. The summed E-state index contributed by atoms with van der Waals surface area (Å²) in [5.41, 5.74) is 2.95. The standard InChI is InChI=1S/C18H14BrClN2O2/c19-11-4-1-3-10(7-11)17-14-6-2-5-13(14)15-8-12(22(23)24)9-16(20)18(15)21-17/h1-5,7-9,13-14,17,21H,6H2/t13-,14+,17-/m1/s1. The number of allylic oxidation sites excluding steroid dienone is 2. The minimum absolute atomic E-state index is 0.0421. The molecule has 4 rings (SSSR count). The quantitative estimate of drug-likeness (QED) is 0.388. The van der Waals surface area contributed by atoms with E-state index < -0.39 is 0 Å². The number of benzene rings is 2. The molecule has 0 bridgehead atoms. The topological polar surface area (TPSA) is 55.2 Å². The van der Waals surface area contributed by atoms with Gasteiger partial charge in [0, 0.05) is 22.5 Å². The predicted molar refractivity (Wildman–Crippen MR) is 98.6 cm³/mol. The van der Waals surface area contributed by atoms with Crippen LogP contribution in [0.4, 0.5) is 11.4 Å². The summed E-state index contributed by atoms with van der Waals surface area (Å²) in [6.07, 6.45) is 5.24. The summed E-state index contributed by atoms with van der Waals surface area (Å²) in [7, 11) is 0. The second-order valence-electron chi connectivity index (χ2n) is 6.18. The van der Waals surface area contributed by atoms with Gasteiger partial charge in [0.15, 0.2) is 0 Å². The summed E-state index contributed by atoms with van der Waals surface area (Å²) in [4.78, 5) is 10.8. The van der Waals surface area contributed by atoms with Crippen molar-refractivity contribution in [1.29, 1.82) is 0 Å². The Morgan fingerprint density at radius 3 is 2.88 bits per heavy atom. The van der Waals surface area contributed by atoms with E-state index in [0.29, 0.717) is 10.9 Å². The molecule has 0 fully saturated rings. The Bertz CT molecular complexity index is 868. The molecule has 122 valence electrons. The van der Waals surface area contributed by atoms with Gasteiger partial charge in [-0.15, -0.1) is 0 Å². The zero-order valence-electron chi connectivity index (χ0n) is 12.6. The summed E-state index contributed by atoms with van der Waals surface area (Å²) in [5.74, 6) is 0.465. The van der Waals surface area contributed by atoms with Crippen LogP contribution in [0.15, 0.2) is 53.0 Å². The molecule has 0 saturated heterocycles. The molecule has 1 N–H and O–H groups in total. The highest BCUT2D eigenvalue weighted by Gasteiger charge is 2.39. The van der Waals surface area contributed by atoms with Crippen LogP contribution >= 0.6 is 27.5 Å². The van der Waals surface area contributed by atoms with Crippen LogP contribution < -0.4 is 5.32 Å². The number of rotatable bonds is 2. The van der Waals surface area contributed by atoms with Gasteiger partial charge in [0.1, 0.15) is 0 Å². The Kier molecular flexibility index (Phi) is 3.85.